The standard InChI is InChI=1S/C71H138O17P2/c1-7-9-11-13-14-15-16-17-18-21-26-31-36-42-48-54-69(74)82-60-67(88-71(76)55-49-43-37-32-27-22-19-20-24-29-34-40-45-51-63(3)4)62-86-90(79,80)84-58-65(72)57-83-89(77,78)85-61-66(59-81-68(73)53-47-39-12-10-8-2)87-70(75)56-50-44-38-33-28-23-25-30-35-41-46-52-64(5)6/h63-67,72H,7-62H2,1-6H3,(H,77,78)(H,79,80)/t65-,66+,67+/m0/s1. The second kappa shape index (κ2) is 63.1. The van der Waals surface area contributed by atoms with Gasteiger partial charge >= 0.3 is 39.5 Å². The lowest BCUT2D eigenvalue weighted by atomic mass is 10.0. The summed E-state index contributed by atoms with van der Waals surface area (Å²) >= 11 is 0. The molecular formula is C71H138O17P2. The first kappa shape index (κ1) is 88.1. The third-order valence-corrected chi connectivity index (χ3v) is 18.4. The van der Waals surface area contributed by atoms with E-state index in [1.54, 1.807) is 0 Å². The number of carbonyl (C=O) groups is 4. The second-order valence-corrected chi connectivity index (χ2v) is 29.5. The van der Waals surface area contributed by atoms with Gasteiger partial charge in [0.15, 0.2) is 12.2 Å². The quantitative estimate of drug-likeness (QED) is 0.0222. The molecule has 0 saturated heterocycles. The van der Waals surface area contributed by atoms with E-state index in [4.69, 9.17) is 37.0 Å². The van der Waals surface area contributed by atoms with E-state index >= 15 is 0 Å². The summed E-state index contributed by atoms with van der Waals surface area (Å²) in [5.41, 5.74) is 0. The predicted octanol–water partition coefficient (Wildman–Crippen LogP) is 20.4. The number of ether oxygens (including phenoxy) is 4. The fourth-order valence-corrected chi connectivity index (χ4v) is 12.3. The zero-order valence-electron chi connectivity index (χ0n) is 58.4. The van der Waals surface area contributed by atoms with E-state index in [0.717, 1.165) is 108 Å². The molecule has 0 aromatic rings. The number of esters is 4. The van der Waals surface area contributed by atoms with Crippen LogP contribution in [0.4, 0.5) is 0 Å². The molecule has 534 valence electrons. The highest BCUT2D eigenvalue weighted by molar-refractivity contribution is 7.47. The third kappa shape index (κ3) is 64.8. The van der Waals surface area contributed by atoms with E-state index in [1.807, 2.05) is 0 Å². The fraction of sp³-hybridized carbons (Fsp3) is 0.944. The van der Waals surface area contributed by atoms with Crippen LogP contribution < -0.4 is 0 Å². The van der Waals surface area contributed by atoms with Gasteiger partial charge in [-0.2, -0.15) is 0 Å². The van der Waals surface area contributed by atoms with Crippen LogP contribution in [0.2, 0.25) is 0 Å². The lowest BCUT2D eigenvalue weighted by Gasteiger charge is -2.21. The Balaban J connectivity index is 5.16. The molecule has 19 heteroatoms. The summed E-state index contributed by atoms with van der Waals surface area (Å²) in [5, 5.41) is 10.6. The number of unbranched alkanes of at least 4 members (excludes halogenated alkanes) is 40. The molecule has 0 radical (unpaired) electrons. The zero-order chi connectivity index (χ0) is 66.5. The van der Waals surface area contributed by atoms with Gasteiger partial charge in [0.2, 0.25) is 0 Å². The topological polar surface area (TPSA) is 237 Å². The molecule has 17 nitrogen and oxygen atoms in total. The van der Waals surface area contributed by atoms with Crippen LogP contribution >= 0.6 is 15.6 Å². The Labute approximate surface area is 549 Å². The lowest BCUT2D eigenvalue weighted by molar-refractivity contribution is -0.161. The van der Waals surface area contributed by atoms with Crippen LogP contribution in [0.3, 0.4) is 0 Å². The number of hydrogen-bond donors (Lipinski definition) is 3. The monoisotopic (exact) mass is 1320 g/mol. The van der Waals surface area contributed by atoms with Gasteiger partial charge in [-0.1, -0.05) is 311 Å². The zero-order valence-corrected chi connectivity index (χ0v) is 60.2. The molecule has 90 heavy (non-hydrogen) atoms. The molecule has 0 aliphatic carbocycles. The van der Waals surface area contributed by atoms with Crippen LogP contribution in [-0.2, 0) is 65.4 Å². The van der Waals surface area contributed by atoms with E-state index in [0.29, 0.717) is 25.7 Å². The second-order valence-electron chi connectivity index (χ2n) is 26.6. The van der Waals surface area contributed by atoms with Crippen molar-refractivity contribution in [1.82, 2.24) is 0 Å². The third-order valence-electron chi connectivity index (χ3n) is 16.5. The molecule has 0 aromatic carbocycles. The first-order valence-electron chi connectivity index (χ1n) is 37.0. The molecule has 0 rings (SSSR count). The molecule has 0 aliphatic rings. The molecule has 2 unspecified atom stereocenters. The van der Waals surface area contributed by atoms with E-state index in [2.05, 4.69) is 41.5 Å². The van der Waals surface area contributed by atoms with Crippen LogP contribution in [0.5, 0.6) is 0 Å². The van der Waals surface area contributed by atoms with E-state index < -0.39 is 97.5 Å². The molecule has 0 bridgehead atoms. The maximum absolute atomic E-state index is 13.0. The minimum Gasteiger partial charge on any atom is -0.462 e. The Morgan fingerprint density at radius 2 is 0.511 bits per heavy atom. The Kier molecular flexibility index (Phi) is 61.8. The van der Waals surface area contributed by atoms with Crippen molar-refractivity contribution in [3.63, 3.8) is 0 Å². The number of hydrogen-bond acceptors (Lipinski definition) is 15. The average molecular weight is 1330 g/mol. The Hall–Kier alpha value is -1.94. The van der Waals surface area contributed by atoms with Crippen LogP contribution in [0.25, 0.3) is 0 Å². The van der Waals surface area contributed by atoms with Gasteiger partial charge < -0.3 is 33.8 Å². The first-order valence-corrected chi connectivity index (χ1v) is 40.0. The largest absolute Gasteiger partial charge is 0.472 e. The number of rotatable bonds is 70. The van der Waals surface area contributed by atoms with Gasteiger partial charge in [-0.05, 0) is 37.5 Å². The fourth-order valence-electron chi connectivity index (χ4n) is 10.8. The molecule has 0 spiro atoms. The molecule has 3 N–H and O–H groups in total. The number of phosphoric ester groups is 2. The first-order chi connectivity index (χ1) is 43.4. The highest BCUT2D eigenvalue weighted by atomic mass is 31.2. The van der Waals surface area contributed by atoms with Gasteiger partial charge in [0.1, 0.15) is 19.3 Å². The van der Waals surface area contributed by atoms with Gasteiger partial charge in [-0.15, -0.1) is 0 Å². The molecular weight excluding hydrogens is 1190 g/mol. The van der Waals surface area contributed by atoms with Gasteiger partial charge in [0.25, 0.3) is 0 Å². The van der Waals surface area contributed by atoms with Crippen molar-refractivity contribution < 1.29 is 80.2 Å². The predicted molar refractivity (Wildman–Crippen MR) is 363 cm³/mol. The SMILES string of the molecule is CCCCCCCCCCCCCCCCCC(=O)OC[C@H](COP(=O)(O)OC[C@@H](O)COP(=O)(O)OC[C@@H](COC(=O)CCCCCCC)OC(=O)CCCCCCCCCCCCCC(C)C)OC(=O)CCCCCCCCCCCCCCCC(C)C. The van der Waals surface area contributed by atoms with Crippen molar-refractivity contribution >= 4 is 39.5 Å². The van der Waals surface area contributed by atoms with E-state index in [9.17, 15) is 43.2 Å². The number of carbonyl (C=O) groups excluding carboxylic acids is 4. The van der Waals surface area contributed by atoms with E-state index in [1.165, 1.54) is 173 Å². The van der Waals surface area contributed by atoms with Crippen molar-refractivity contribution in [3.8, 4) is 0 Å². The number of phosphoric acid groups is 2. The summed E-state index contributed by atoms with van der Waals surface area (Å²) in [5.74, 6) is -0.580. The van der Waals surface area contributed by atoms with Crippen LogP contribution in [0.15, 0.2) is 0 Å². The minimum absolute atomic E-state index is 0.106. The van der Waals surface area contributed by atoms with Crippen molar-refractivity contribution in [2.45, 2.75) is 381 Å². The Morgan fingerprint density at radius 1 is 0.300 bits per heavy atom. The van der Waals surface area contributed by atoms with Gasteiger partial charge in [-0.25, -0.2) is 9.13 Å². The molecule has 0 amide bonds. The smallest absolute Gasteiger partial charge is 0.462 e. The highest BCUT2D eigenvalue weighted by Gasteiger charge is 2.30. The van der Waals surface area contributed by atoms with Crippen molar-refractivity contribution in [2.75, 3.05) is 39.6 Å². The minimum atomic E-state index is -4.95. The molecule has 0 saturated carbocycles. The summed E-state index contributed by atoms with van der Waals surface area (Å²) in [7, 11) is -9.89. The Bertz CT molecular complexity index is 1750. The maximum Gasteiger partial charge on any atom is 0.472 e. The van der Waals surface area contributed by atoms with Crippen LogP contribution in [0, 0.1) is 11.8 Å². The highest BCUT2D eigenvalue weighted by Crippen LogP contribution is 2.45. The van der Waals surface area contributed by atoms with E-state index in [-0.39, 0.29) is 25.7 Å². The van der Waals surface area contributed by atoms with Gasteiger partial charge in [0.05, 0.1) is 26.4 Å². The number of aliphatic hydroxyl groups excluding tert-OH is 1. The molecule has 0 aliphatic heterocycles. The van der Waals surface area contributed by atoms with Crippen molar-refractivity contribution in [3.05, 3.63) is 0 Å². The van der Waals surface area contributed by atoms with Crippen LogP contribution in [-0.4, -0.2) is 96.7 Å². The van der Waals surface area contributed by atoms with Crippen molar-refractivity contribution in [2.24, 2.45) is 11.8 Å². The van der Waals surface area contributed by atoms with Gasteiger partial charge in [0, 0.05) is 25.7 Å². The summed E-state index contributed by atoms with van der Waals surface area (Å²) in [6.45, 7) is 9.49. The van der Waals surface area contributed by atoms with Crippen LogP contribution in [0.1, 0.15) is 363 Å². The molecule has 0 aromatic heterocycles. The van der Waals surface area contributed by atoms with Gasteiger partial charge in [-0.3, -0.25) is 37.3 Å². The Morgan fingerprint density at radius 3 is 0.756 bits per heavy atom. The average Bonchev–Trinajstić information content (AvgIpc) is 3.28. The number of aliphatic hydroxyl groups is 1. The molecule has 0 heterocycles. The summed E-state index contributed by atoms with van der Waals surface area (Å²) in [6.07, 6.45) is 48.9. The summed E-state index contributed by atoms with van der Waals surface area (Å²) < 4.78 is 68.1. The normalized spacial score (nSPS) is 14.1. The molecule has 0 fully saturated rings. The lowest BCUT2D eigenvalue weighted by Crippen LogP contribution is -2.30. The summed E-state index contributed by atoms with van der Waals surface area (Å²) in [4.78, 5) is 72.3. The maximum atomic E-state index is 13.0. The van der Waals surface area contributed by atoms with Crippen molar-refractivity contribution in [1.29, 1.82) is 0 Å². The molecule has 5 atom stereocenters. The summed E-state index contributed by atoms with van der Waals surface area (Å²) in [6, 6.07) is 0.